The molecule has 8 heteroatoms. The molecule has 0 fully saturated rings. The lowest BCUT2D eigenvalue weighted by molar-refractivity contribution is -0.394. The summed E-state index contributed by atoms with van der Waals surface area (Å²) in [5.41, 5.74) is 0.568. The average molecular weight is 322 g/mol. The first-order valence-electron chi connectivity index (χ1n) is 7.03. The summed E-state index contributed by atoms with van der Waals surface area (Å²) in [6.45, 7) is 5.25. The summed E-state index contributed by atoms with van der Waals surface area (Å²) in [5, 5.41) is 31.1. The van der Waals surface area contributed by atoms with Gasteiger partial charge >= 0.3 is 5.97 Å². The molecule has 0 spiro atoms. The molecule has 1 N–H and O–H groups in total. The minimum absolute atomic E-state index is 0.0558. The van der Waals surface area contributed by atoms with Gasteiger partial charge in [-0.2, -0.15) is 0 Å². The number of rotatable bonds is 7. The normalized spacial score (nSPS) is 12.7. The fourth-order valence-corrected chi connectivity index (χ4v) is 2.32. The summed E-state index contributed by atoms with van der Waals surface area (Å²) in [5.74, 6) is -1.27. The van der Waals surface area contributed by atoms with Crippen molar-refractivity contribution >= 4 is 17.3 Å². The predicted molar refractivity (Wildman–Crippen MR) is 83.6 cm³/mol. The fraction of sp³-hybridized carbons (Fsp3) is 0.400. The number of hydrogen-bond donors (Lipinski definition) is 1. The van der Waals surface area contributed by atoms with E-state index in [0.29, 0.717) is 23.1 Å². The first-order valence-corrected chi connectivity index (χ1v) is 7.03. The third-order valence-electron chi connectivity index (χ3n) is 3.62. The zero-order valence-electron chi connectivity index (χ0n) is 13.1. The number of aliphatic carboxylic acids is 1. The number of nitrogens with zero attached hydrogens (tertiary/aromatic N) is 2. The Morgan fingerprint density at radius 1 is 1.30 bits per heavy atom. The molecule has 1 aromatic rings. The third-order valence-corrected chi connectivity index (χ3v) is 3.62. The van der Waals surface area contributed by atoms with Gasteiger partial charge in [0.2, 0.25) is 0 Å². The molecule has 0 aromatic heterocycles. The molecular weight excluding hydrogens is 304 g/mol. The molecule has 0 saturated carbocycles. The van der Waals surface area contributed by atoms with E-state index in [1.165, 1.54) is 6.07 Å². The molecule has 124 valence electrons. The van der Waals surface area contributed by atoms with Gasteiger partial charge in [-0.1, -0.05) is 19.4 Å². The molecule has 1 unspecified atom stereocenters. The molecule has 0 aliphatic rings. The van der Waals surface area contributed by atoms with Crippen molar-refractivity contribution in [2.45, 2.75) is 39.5 Å². The standard InChI is InChI=1S/C15H18N2O6/c1-4-10(3)12-7-11(16(20)21)8-14(17(22)23)13(12)5-9(2)6-15(18)19/h6-8,10H,4-5H2,1-3H3,(H,18,19). The van der Waals surface area contributed by atoms with Crippen LogP contribution in [-0.4, -0.2) is 20.9 Å². The van der Waals surface area contributed by atoms with E-state index in [0.717, 1.165) is 12.1 Å². The second kappa shape index (κ2) is 7.48. The number of non-ortho nitro benzene ring substituents is 1. The van der Waals surface area contributed by atoms with Gasteiger partial charge < -0.3 is 5.11 Å². The van der Waals surface area contributed by atoms with Crippen LogP contribution in [0.15, 0.2) is 23.8 Å². The van der Waals surface area contributed by atoms with Gasteiger partial charge in [0.05, 0.1) is 15.9 Å². The van der Waals surface area contributed by atoms with E-state index in [4.69, 9.17) is 5.11 Å². The Morgan fingerprint density at radius 3 is 2.35 bits per heavy atom. The van der Waals surface area contributed by atoms with Crippen molar-refractivity contribution in [2.75, 3.05) is 0 Å². The maximum absolute atomic E-state index is 11.3. The summed E-state index contributed by atoms with van der Waals surface area (Å²) in [6, 6.07) is 2.26. The van der Waals surface area contributed by atoms with E-state index in [2.05, 4.69) is 0 Å². The van der Waals surface area contributed by atoms with Crippen molar-refractivity contribution in [3.8, 4) is 0 Å². The van der Waals surface area contributed by atoms with Gasteiger partial charge in [-0.15, -0.1) is 0 Å². The van der Waals surface area contributed by atoms with Crippen LogP contribution in [0.25, 0.3) is 0 Å². The van der Waals surface area contributed by atoms with Gasteiger partial charge in [0.25, 0.3) is 11.4 Å². The molecule has 23 heavy (non-hydrogen) atoms. The largest absolute Gasteiger partial charge is 0.478 e. The molecule has 0 aliphatic heterocycles. The van der Waals surface area contributed by atoms with Gasteiger partial charge in [0.15, 0.2) is 0 Å². The molecule has 1 aromatic carbocycles. The Kier molecular flexibility index (Phi) is 5.94. The molecule has 0 bridgehead atoms. The summed E-state index contributed by atoms with van der Waals surface area (Å²) in [6.07, 6.45) is 1.68. The number of carbonyl (C=O) groups is 1. The number of nitro groups is 2. The third kappa shape index (κ3) is 4.60. The van der Waals surface area contributed by atoms with Crippen molar-refractivity contribution in [1.82, 2.24) is 0 Å². The molecule has 0 heterocycles. The number of allylic oxidation sites excluding steroid dienone is 1. The van der Waals surface area contributed by atoms with Gasteiger partial charge in [-0.3, -0.25) is 20.2 Å². The Balaban J connectivity index is 3.59. The van der Waals surface area contributed by atoms with Crippen LogP contribution in [0.1, 0.15) is 44.2 Å². The first kappa shape index (κ1) is 18.3. The highest BCUT2D eigenvalue weighted by atomic mass is 16.6. The highest BCUT2D eigenvalue weighted by Gasteiger charge is 2.26. The van der Waals surface area contributed by atoms with Gasteiger partial charge in [-0.05, 0) is 24.8 Å². The van der Waals surface area contributed by atoms with Crippen molar-refractivity contribution in [1.29, 1.82) is 0 Å². The highest BCUT2D eigenvalue weighted by Crippen LogP contribution is 2.35. The molecule has 8 nitrogen and oxygen atoms in total. The molecule has 0 saturated heterocycles. The van der Waals surface area contributed by atoms with Crippen LogP contribution >= 0.6 is 0 Å². The zero-order chi connectivity index (χ0) is 17.7. The highest BCUT2D eigenvalue weighted by molar-refractivity contribution is 5.80. The van der Waals surface area contributed by atoms with Crippen molar-refractivity contribution < 1.29 is 19.7 Å². The van der Waals surface area contributed by atoms with E-state index in [-0.39, 0.29) is 23.7 Å². The molecule has 0 radical (unpaired) electrons. The Labute approximate surface area is 132 Å². The van der Waals surface area contributed by atoms with Crippen LogP contribution in [0.2, 0.25) is 0 Å². The minimum atomic E-state index is -1.14. The molecule has 0 aliphatic carbocycles. The maximum Gasteiger partial charge on any atom is 0.328 e. The van der Waals surface area contributed by atoms with Crippen LogP contribution in [0, 0.1) is 20.2 Å². The van der Waals surface area contributed by atoms with Crippen LogP contribution in [0.5, 0.6) is 0 Å². The lowest BCUT2D eigenvalue weighted by Gasteiger charge is -2.15. The molecule has 1 rings (SSSR count). The minimum Gasteiger partial charge on any atom is -0.478 e. The first-order chi connectivity index (χ1) is 10.7. The van der Waals surface area contributed by atoms with Gasteiger partial charge in [-0.25, -0.2) is 4.79 Å². The lowest BCUT2D eigenvalue weighted by atomic mass is 9.89. The second-order valence-electron chi connectivity index (χ2n) is 5.36. The summed E-state index contributed by atoms with van der Waals surface area (Å²) in [4.78, 5) is 31.7. The van der Waals surface area contributed by atoms with Gasteiger partial charge in [0.1, 0.15) is 0 Å². The summed E-state index contributed by atoms with van der Waals surface area (Å²) < 4.78 is 0. The van der Waals surface area contributed by atoms with Crippen molar-refractivity contribution in [2.24, 2.45) is 0 Å². The number of hydrogen-bond acceptors (Lipinski definition) is 5. The summed E-state index contributed by atoms with van der Waals surface area (Å²) >= 11 is 0. The number of benzene rings is 1. The number of nitro benzene ring substituents is 2. The maximum atomic E-state index is 11.3. The van der Waals surface area contributed by atoms with Gasteiger partial charge in [0, 0.05) is 24.1 Å². The topological polar surface area (TPSA) is 124 Å². The molecule has 1 atom stereocenters. The van der Waals surface area contributed by atoms with Crippen molar-refractivity contribution in [3.63, 3.8) is 0 Å². The lowest BCUT2D eigenvalue weighted by Crippen LogP contribution is -2.06. The predicted octanol–water partition coefficient (Wildman–Crippen LogP) is 3.59. The number of carboxylic acids is 1. The number of carboxylic acid groups (broad SMARTS) is 1. The van der Waals surface area contributed by atoms with Crippen molar-refractivity contribution in [3.05, 3.63) is 55.1 Å². The van der Waals surface area contributed by atoms with E-state index in [1.54, 1.807) is 6.92 Å². The SMILES string of the molecule is CCC(C)c1cc([N+](=O)[O-])cc([N+](=O)[O-])c1CC(C)=CC(=O)O. The van der Waals surface area contributed by atoms with Crippen LogP contribution < -0.4 is 0 Å². The van der Waals surface area contributed by atoms with E-state index in [9.17, 15) is 25.0 Å². The Bertz CT molecular complexity index is 681. The van der Waals surface area contributed by atoms with E-state index in [1.807, 2.05) is 13.8 Å². The second-order valence-corrected chi connectivity index (χ2v) is 5.36. The Hall–Kier alpha value is -2.77. The smallest absolute Gasteiger partial charge is 0.328 e. The fourth-order valence-electron chi connectivity index (χ4n) is 2.32. The molecular formula is C15H18N2O6. The monoisotopic (exact) mass is 322 g/mol. The average Bonchev–Trinajstić information content (AvgIpc) is 2.44. The van der Waals surface area contributed by atoms with Crippen LogP contribution in [-0.2, 0) is 11.2 Å². The van der Waals surface area contributed by atoms with E-state index >= 15 is 0 Å². The van der Waals surface area contributed by atoms with Crippen LogP contribution in [0.3, 0.4) is 0 Å². The molecule has 0 amide bonds. The summed E-state index contributed by atoms with van der Waals surface area (Å²) in [7, 11) is 0. The zero-order valence-corrected chi connectivity index (χ0v) is 13.1. The van der Waals surface area contributed by atoms with E-state index < -0.39 is 15.8 Å². The Morgan fingerprint density at radius 2 is 1.91 bits per heavy atom. The van der Waals surface area contributed by atoms with Crippen LogP contribution in [0.4, 0.5) is 11.4 Å². The quantitative estimate of drug-likeness (QED) is 0.464.